The van der Waals surface area contributed by atoms with Gasteiger partial charge >= 0.3 is 6.09 Å². The monoisotopic (exact) mass is 1680 g/mol. The van der Waals surface area contributed by atoms with E-state index >= 15 is 0 Å². The second-order valence-electron chi connectivity index (χ2n) is 16.7. The number of rotatable bonds is 9. The average molecular weight is 1680 g/mol. The molecule has 8 heterocycles. The molecule has 0 radical (unpaired) electrons. The highest BCUT2D eigenvalue weighted by atomic mass is 35.5. The summed E-state index contributed by atoms with van der Waals surface area (Å²) in [6.07, 6.45) is 6.39. The molecule has 0 saturated carbocycles. The molecule has 2 aliphatic rings. The number of fused-ring (bicyclic) bond motifs is 2. The molecule has 2 saturated heterocycles. The summed E-state index contributed by atoms with van der Waals surface area (Å²) in [4.78, 5) is 57.1. The quantitative estimate of drug-likeness (QED) is 0.0595. The zero-order valence-corrected chi connectivity index (χ0v) is 52.9. The number of anilines is 2. The van der Waals surface area contributed by atoms with Gasteiger partial charge in [-0.3, -0.25) is 23.1 Å². The molecule has 2 aliphatic heterocycles. The SMILES string of the molecule is Cc1ccc(-c2noc(C3CN(C(=O)OC(C)(C)C)C3)n2)cc1NC(=O)c1cnc2ccccn12.Cc1ccc(-c2noc(C3CNC3)n2)cc1NC(=O)c1cnc2ccccn12.F.FF.FF.FF.FF.FF.FF.FF.FF.FF.FF.FF.FF.FF.FF.FF.FF.FF.FF.FF.N=NN=NCl. The summed E-state index contributed by atoms with van der Waals surface area (Å²) in [7, 11) is 0. The number of ether oxygens (including phenoxy) is 1. The Morgan fingerprint density at radius 3 is 1.10 bits per heavy atom. The molecule has 3 amide bonds. The van der Waals surface area contributed by atoms with Crippen molar-refractivity contribution in [1.29, 1.82) is 5.53 Å². The summed E-state index contributed by atoms with van der Waals surface area (Å²) in [5.41, 5.74) is 12.4. The van der Waals surface area contributed by atoms with Crippen molar-refractivity contribution in [3.8, 4) is 22.8 Å². The van der Waals surface area contributed by atoms with E-state index in [4.69, 9.17) is 193 Å². The van der Waals surface area contributed by atoms with Crippen molar-refractivity contribution < 1.29 is 207 Å². The highest BCUT2D eigenvalue weighted by Crippen LogP contribution is 2.31. The van der Waals surface area contributed by atoms with Crippen LogP contribution in [0.5, 0.6) is 0 Å². The summed E-state index contributed by atoms with van der Waals surface area (Å²) < 4.78 is 326. The minimum atomic E-state index is -0.538. The lowest BCUT2D eigenvalue weighted by atomic mass is 10.0. The fourth-order valence-electron chi connectivity index (χ4n) is 6.99. The number of carbonyl (C=O) groups excluding carboxylic acids is 3. The van der Waals surface area contributed by atoms with Crippen molar-refractivity contribution in [2.75, 3.05) is 36.8 Å². The number of hydrogen-bond donors (Lipinski definition) is 4. The van der Waals surface area contributed by atoms with Gasteiger partial charge in [-0.05, 0) is 92.6 Å². The Bertz CT molecular complexity index is 3240. The van der Waals surface area contributed by atoms with Crippen molar-refractivity contribution in [3.05, 3.63) is 132 Å². The first-order valence-corrected chi connectivity index (χ1v) is 24.3. The molecule has 2 fully saturated rings. The molecule has 622 valence electrons. The van der Waals surface area contributed by atoms with Crippen molar-refractivity contribution >= 4 is 52.4 Å². The molecule has 0 aliphatic carbocycles. The van der Waals surface area contributed by atoms with Crippen LogP contribution in [0, 0.1) is 19.4 Å². The van der Waals surface area contributed by atoms with E-state index in [1.54, 1.807) is 32.3 Å². The van der Waals surface area contributed by atoms with Gasteiger partial charge in [0.1, 0.15) is 28.3 Å². The van der Waals surface area contributed by atoms with Crippen molar-refractivity contribution in [2.24, 2.45) is 15.1 Å². The van der Waals surface area contributed by atoms with Gasteiger partial charge in [0.2, 0.25) is 23.4 Å². The van der Waals surface area contributed by atoms with Crippen molar-refractivity contribution in [3.63, 3.8) is 0 Å². The third-order valence-corrected chi connectivity index (χ3v) is 10.8. The molecule has 0 unspecified atom stereocenters. The number of nitrogens with one attached hydrogen (secondary N) is 4. The smallest absolute Gasteiger partial charge is 0.410 e. The van der Waals surface area contributed by atoms with Gasteiger partial charge in [0, 0.05) is 235 Å². The van der Waals surface area contributed by atoms with E-state index in [2.05, 4.69) is 73.1 Å². The van der Waals surface area contributed by atoms with E-state index in [1.165, 1.54) is 0 Å². The number of halogens is 40. The number of carbonyl (C=O) groups is 3. The van der Waals surface area contributed by atoms with Gasteiger partial charge in [0.15, 0.2) is 0 Å². The molecular formula is C45H46ClF39N16O6. The molecular weight excluding hydrogens is 1640 g/mol. The van der Waals surface area contributed by atoms with Crippen molar-refractivity contribution in [2.45, 2.75) is 52.1 Å². The highest BCUT2D eigenvalue weighted by molar-refractivity contribution is 6.13. The van der Waals surface area contributed by atoms with Crippen LogP contribution in [0.15, 0.2) is 122 Å². The summed E-state index contributed by atoms with van der Waals surface area (Å²) in [5.74, 6) is 1.79. The van der Waals surface area contributed by atoms with Gasteiger partial charge in [-0.15, -0.1) is 0 Å². The van der Waals surface area contributed by atoms with Crippen LogP contribution in [0.3, 0.4) is 0 Å². The van der Waals surface area contributed by atoms with Crippen LogP contribution in [-0.2, 0) is 4.74 Å². The van der Waals surface area contributed by atoms with Gasteiger partial charge in [0.05, 0.1) is 36.0 Å². The molecule has 2 aromatic carbocycles. The van der Waals surface area contributed by atoms with Gasteiger partial charge < -0.3 is 34.6 Å². The molecule has 62 heteroatoms. The zero-order chi connectivity index (χ0) is 86.0. The van der Waals surface area contributed by atoms with E-state index in [-0.39, 0.29) is 34.4 Å². The Kier molecular flexibility index (Phi) is 107. The Morgan fingerprint density at radius 1 is 0.514 bits per heavy atom. The number of aromatic nitrogens is 8. The first-order valence-electron chi connectivity index (χ1n) is 23.9. The van der Waals surface area contributed by atoms with Crippen LogP contribution in [0.2, 0.25) is 0 Å². The molecule has 4 N–H and O–H groups in total. The summed E-state index contributed by atoms with van der Waals surface area (Å²) in [6.45, 7) is 12.0. The number of likely N-dealkylation sites (tertiary alicyclic amines) is 1. The number of aryl methyl sites for hydroxylation is 2. The number of nitrogens with zero attached hydrogens (tertiary/aromatic N) is 12. The Morgan fingerprint density at radius 2 is 0.832 bits per heavy atom. The van der Waals surface area contributed by atoms with Crippen LogP contribution in [0.4, 0.5) is 195 Å². The normalized spacial score (nSPS) is 9.81. The third-order valence-electron chi connectivity index (χ3n) is 10.8. The van der Waals surface area contributed by atoms with E-state index in [0.29, 0.717) is 70.5 Å². The van der Waals surface area contributed by atoms with Gasteiger partial charge in [0.25, 0.3) is 11.8 Å². The Hall–Kier alpha value is -11.0. The lowest BCUT2D eigenvalue weighted by Crippen LogP contribution is -2.50. The molecule has 0 spiro atoms. The van der Waals surface area contributed by atoms with Crippen molar-refractivity contribution in [1.82, 2.24) is 49.3 Å². The minimum Gasteiger partial charge on any atom is -0.444 e. The lowest BCUT2D eigenvalue weighted by molar-refractivity contribution is 0.00554. The second-order valence-corrected chi connectivity index (χ2v) is 16.9. The number of amides is 3. The van der Waals surface area contributed by atoms with Gasteiger partial charge in [-0.25, -0.2) is 14.8 Å². The van der Waals surface area contributed by atoms with Crippen LogP contribution in [-0.4, -0.2) is 93.6 Å². The molecule has 0 bridgehead atoms. The highest BCUT2D eigenvalue weighted by Gasteiger charge is 2.38. The van der Waals surface area contributed by atoms with Gasteiger partial charge in [-0.1, -0.05) is 51.3 Å². The zero-order valence-electron chi connectivity index (χ0n) is 52.2. The topological polar surface area (TPSA) is 273 Å². The number of pyridine rings is 2. The number of imidazole rings is 2. The van der Waals surface area contributed by atoms with Crippen LogP contribution < -0.4 is 16.0 Å². The Labute approximate surface area is 572 Å². The molecule has 6 aromatic heterocycles. The fraction of sp³-hybridized carbons (Fsp3) is 0.267. The van der Waals surface area contributed by atoms with E-state index in [1.807, 2.05) is 114 Å². The largest absolute Gasteiger partial charge is 0.444 e. The molecule has 107 heavy (non-hydrogen) atoms. The minimum absolute atomic E-state index is 0. The van der Waals surface area contributed by atoms with E-state index in [0.717, 1.165) is 35.4 Å². The van der Waals surface area contributed by atoms with Crippen LogP contribution in [0.1, 0.15) is 76.5 Å². The third kappa shape index (κ3) is 48.6. The van der Waals surface area contributed by atoms with Gasteiger partial charge in [-0.2, -0.15) is 15.5 Å². The predicted molar refractivity (Wildman–Crippen MR) is 292 cm³/mol. The second kappa shape index (κ2) is 91.1. The summed E-state index contributed by atoms with van der Waals surface area (Å²) in [6, 6.07) is 22.5. The standard InChI is InChI=1S/C25H26N6O4.C20H18N6O2.ClHN4.19F2.FH/c1-15-8-9-16(11-18(15)27-22(32)19-12-26-20-7-5-6-10-31(19)20)21-28-23(35-29-21)17-13-30(14-17)24(33)34-25(2,3)4;1-12-5-6-13(18-24-20(28-25-18)14-9-21-10-14)8-15(12)23-19(27)16-11-22-17-4-2-3-7-26(16)17;1-3-5-4-2;19*1-2;/h5-12,17H,13-14H2,1-4H3,(H,27,32);2-8,11,14,21H,9-10H2,1H3,(H,23,27);2H;;;;;;;;;;;;;;;;;;;;1H. The Balaban J connectivity index is -0.0000000997. The number of benzene rings is 2. The molecule has 8 aromatic rings. The first kappa shape index (κ1) is 126. The molecule has 10 rings (SSSR count). The summed E-state index contributed by atoms with van der Waals surface area (Å²) in [5, 5.41) is 22.4. The fourth-order valence-corrected chi connectivity index (χ4v) is 7.03. The molecule has 0 atom stereocenters. The summed E-state index contributed by atoms with van der Waals surface area (Å²) >= 11 is 4.55. The maximum absolute atomic E-state index is 12.9. The first-order chi connectivity index (χ1) is 51.8. The maximum Gasteiger partial charge on any atom is 0.410 e. The average Bonchev–Trinajstić information content (AvgIpc) is 1.75. The van der Waals surface area contributed by atoms with E-state index in [9.17, 15) is 14.4 Å². The number of hydrogen-bond acceptors (Lipinski definition) is 15. The molecule has 22 nitrogen and oxygen atoms in total. The van der Waals surface area contributed by atoms with Crippen LogP contribution in [0.25, 0.3) is 34.1 Å². The predicted octanol–water partition coefficient (Wildman–Crippen LogP) is 24.6. The van der Waals surface area contributed by atoms with E-state index < -0.39 is 5.60 Å². The maximum atomic E-state index is 12.9. The lowest BCUT2D eigenvalue weighted by Gasteiger charge is -2.37. The van der Waals surface area contributed by atoms with Crippen LogP contribution >= 0.6 is 11.8 Å².